The molecule has 0 amide bonds. The molecule has 0 N–H and O–H groups in total. The van der Waals surface area contributed by atoms with E-state index in [2.05, 4.69) is 127 Å². The molecule has 0 saturated carbocycles. The topological polar surface area (TPSA) is 38.4 Å². The standard InChI is InChI=1S/C38H40N3O2S3/c1-5-23-41-35(26-34-40(7-3)36(27-17-11-9-12-18-27)37(46-34)28-19-13-10-14-20-28)45-32(38(41)42)24-29(43-8-4)25-33-39(6-2)30-21-15-16-22-31(30)44-33/h9-22,24-26,33H,5-8,23H2,1-4H3/q+1/b29-25-,32-24-. The lowest BCUT2D eigenvalue weighted by molar-refractivity contribution is -0.679. The van der Waals surface area contributed by atoms with Crippen molar-refractivity contribution >= 4 is 52.3 Å². The molecule has 0 fully saturated rings. The third-order valence-electron chi connectivity index (χ3n) is 7.95. The molecular weight excluding hydrogens is 627 g/mol. The van der Waals surface area contributed by atoms with Crippen LogP contribution in [0.15, 0.2) is 106 Å². The first-order valence-corrected chi connectivity index (χ1v) is 18.5. The van der Waals surface area contributed by atoms with Crippen LogP contribution in [0.25, 0.3) is 33.9 Å². The highest BCUT2D eigenvalue weighted by Gasteiger charge is 2.28. The van der Waals surface area contributed by atoms with Crippen molar-refractivity contribution in [2.75, 3.05) is 18.1 Å². The van der Waals surface area contributed by atoms with E-state index in [-0.39, 0.29) is 10.9 Å². The Balaban J connectivity index is 1.49. The predicted octanol–water partition coefficient (Wildman–Crippen LogP) is 7.51. The largest absolute Gasteiger partial charge is 0.494 e. The van der Waals surface area contributed by atoms with Crippen molar-refractivity contribution in [3.8, 4) is 21.7 Å². The van der Waals surface area contributed by atoms with Gasteiger partial charge in [-0.3, -0.25) is 9.36 Å². The second kappa shape index (κ2) is 14.7. The molecule has 3 heterocycles. The summed E-state index contributed by atoms with van der Waals surface area (Å²) in [4.78, 5) is 18.8. The van der Waals surface area contributed by atoms with E-state index in [1.807, 2.05) is 29.3 Å². The van der Waals surface area contributed by atoms with Gasteiger partial charge in [0.1, 0.15) is 27.2 Å². The van der Waals surface area contributed by atoms with E-state index in [1.165, 1.54) is 32.3 Å². The molecule has 6 rings (SSSR count). The SMILES string of the molecule is CCCn1c(=O)/c(=C/C(=C/C2Sc3ccccc3N2CC)OCC)s/c1=C/c1sc(-c2ccccc2)c(-c2ccccc2)[n+]1CC. The van der Waals surface area contributed by atoms with Crippen LogP contribution < -0.4 is 24.2 Å². The van der Waals surface area contributed by atoms with Gasteiger partial charge in [-0.2, -0.15) is 4.57 Å². The Labute approximate surface area is 283 Å². The van der Waals surface area contributed by atoms with E-state index >= 15 is 0 Å². The molecule has 46 heavy (non-hydrogen) atoms. The van der Waals surface area contributed by atoms with Crippen molar-refractivity contribution in [1.82, 2.24) is 4.57 Å². The summed E-state index contributed by atoms with van der Waals surface area (Å²) in [6, 6.07) is 29.7. The van der Waals surface area contributed by atoms with Gasteiger partial charge in [0.05, 0.1) is 22.9 Å². The molecule has 0 radical (unpaired) electrons. The fourth-order valence-corrected chi connectivity index (χ4v) is 9.62. The number of para-hydroxylation sites is 1. The number of hydrogen-bond acceptors (Lipinski definition) is 6. The van der Waals surface area contributed by atoms with E-state index in [0.29, 0.717) is 17.7 Å². The van der Waals surface area contributed by atoms with Gasteiger partial charge in [0.2, 0.25) is 5.69 Å². The zero-order valence-corrected chi connectivity index (χ0v) is 29.3. The summed E-state index contributed by atoms with van der Waals surface area (Å²) in [5, 5.41) is 1.23. The zero-order chi connectivity index (χ0) is 32.0. The Morgan fingerprint density at radius 2 is 1.59 bits per heavy atom. The minimum atomic E-state index is 0.0320. The van der Waals surface area contributed by atoms with Crippen LogP contribution in [0, 0.1) is 0 Å². The van der Waals surface area contributed by atoms with Crippen molar-refractivity contribution in [1.29, 1.82) is 0 Å². The average Bonchev–Trinajstić information content (AvgIpc) is 3.73. The van der Waals surface area contributed by atoms with Crippen molar-refractivity contribution < 1.29 is 9.30 Å². The zero-order valence-electron chi connectivity index (χ0n) is 26.8. The van der Waals surface area contributed by atoms with Crippen LogP contribution in [0.2, 0.25) is 0 Å². The molecule has 3 aromatic carbocycles. The second-order valence-corrected chi connectivity index (χ2v) is 14.2. The van der Waals surface area contributed by atoms with E-state index < -0.39 is 0 Å². The lowest BCUT2D eigenvalue weighted by Crippen LogP contribution is -2.37. The van der Waals surface area contributed by atoms with Gasteiger partial charge in [0.15, 0.2) is 0 Å². The molecular formula is C38H40N3O2S3+. The molecule has 1 aliphatic heterocycles. The minimum Gasteiger partial charge on any atom is -0.494 e. The lowest BCUT2D eigenvalue weighted by Gasteiger charge is -2.23. The number of benzene rings is 3. The Hall–Kier alpha value is -3.85. The van der Waals surface area contributed by atoms with E-state index in [4.69, 9.17) is 4.74 Å². The van der Waals surface area contributed by atoms with Crippen LogP contribution in [0.4, 0.5) is 5.69 Å². The monoisotopic (exact) mass is 666 g/mol. The summed E-state index contributed by atoms with van der Waals surface area (Å²) in [6.07, 6.45) is 7.19. The minimum absolute atomic E-state index is 0.0320. The van der Waals surface area contributed by atoms with Gasteiger partial charge in [-0.1, -0.05) is 90.7 Å². The molecule has 0 aliphatic carbocycles. The number of allylic oxidation sites excluding steroid dienone is 1. The van der Waals surface area contributed by atoms with Gasteiger partial charge in [-0.15, -0.1) is 11.3 Å². The molecule has 1 unspecified atom stereocenters. The number of rotatable bonds is 11. The first-order valence-electron chi connectivity index (χ1n) is 16.0. The van der Waals surface area contributed by atoms with Gasteiger partial charge < -0.3 is 9.64 Å². The summed E-state index contributed by atoms with van der Waals surface area (Å²) in [6.45, 7) is 11.4. The summed E-state index contributed by atoms with van der Waals surface area (Å²) >= 11 is 5.15. The van der Waals surface area contributed by atoms with E-state index in [1.54, 1.807) is 22.7 Å². The van der Waals surface area contributed by atoms with E-state index in [0.717, 1.165) is 34.9 Å². The number of aromatic nitrogens is 2. The quantitative estimate of drug-likeness (QED) is 0.108. The summed E-state index contributed by atoms with van der Waals surface area (Å²) in [5.74, 6) is 0.734. The van der Waals surface area contributed by atoms with Crippen LogP contribution in [0.3, 0.4) is 0 Å². The first-order chi connectivity index (χ1) is 22.6. The molecule has 1 aliphatic rings. The Morgan fingerprint density at radius 1 is 0.891 bits per heavy atom. The van der Waals surface area contributed by atoms with Crippen LogP contribution in [0.5, 0.6) is 0 Å². The summed E-state index contributed by atoms with van der Waals surface area (Å²) < 4.78 is 12.1. The van der Waals surface area contributed by atoms with Gasteiger partial charge in [-0.25, -0.2) is 0 Å². The fraction of sp³-hybridized carbons (Fsp3) is 0.263. The maximum absolute atomic E-state index is 13.9. The fourth-order valence-electron chi connectivity index (χ4n) is 5.89. The number of thiazole rings is 2. The highest BCUT2D eigenvalue weighted by atomic mass is 32.2. The second-order valence-electron chi connectivity index (χ2n) is 10.9. The number of nitrogens with zero attached hydrogens (tertiary/aromatic N) is 3. The van der Waals surface area contributed by atoms with E-state index in [9.17, 15) is 4.79 Å². The molecule has 5 aromatic rings. The third-order valence-corrected chi connectivity index (χ3v) is 11.4. The van der Waals surface area contributed by atoms with Crippen LogP contribution >= 0.6 is 34.4 Å². The molecule has 2 aromatic heterocycles. The normalized spacial score (nSPS) is 15.5. The number of ether oxygens (including phenoxy) is 1. The van der Waals surface area contributed by atoms with Crippen LogP contribution in [0.1, 0.15) is 39.1 Å². The number of thioether (sulfide) groups is 1. The predicted molar refractivity (Wildman–Crippen MR) is 196 cm³/mol. The summed E-state index contributed by atoms with van der Waals surface area (Å²) in [5.41, 5.74) is 4.86. The van der Waals surface area contributed by atoms with Crippen molar-refractivity contribution in [3.63, 3.8) is 0 Å². The van der Waals surface area contributed by atoms with Gasteiger partial charge in [0.25, 0.3) is 10.6 Å². The van der Waals surface area contributed by atoms with Crippen LogP contribution in [-0.4, -0.2) is 23.1 Å². The van der Waals surface area contributed by atoms with Gasteiger partial charge >= 0.3 is 0 Å². The third kappa shape index (κ3) is 6.52. The van der Waals surface area contributed by atoms with Crippen molar-refractivity contribution in [2.24, 2.45) is 0 Å². The average molecular weight is 667 g/mol. The Kier molecular flexibility index (Phi) is 10.3. The Bertz CT molecular complexity index is 2010. The maximum atomic E-state index is 13.9. The van der Waals surface area contributed by atoms with Crippen LogP contribution in [-0.2, 0) is 17.8 Å². The number of hydrogen-bond donors (Lipinski definition) is 0. The molecule has 1 atom stereocenters. The summed E-state index contributed by atoms with van der Waals surface area (Å²) in [7, 11) is 0. The lowest BCUT2D eigenvalue weighted by atomic mass is 10.1. The molecule has 236 valence electrons. The van der Waals surface area contributed by atoms with Crippen molar-refractivity contribution in [2.45, 2.75) is 57.5 Å². The highest BCUT2D eigenvalue weighted by Crippen LogP contribution is 2.44. The maximum Gasteiger partial charge on any atom is 0.269 e. The first kappa shape index (κ1) is 32.1. The highest BCUT2D eigenvalue weighted by molar-refractivity contribution is 8.00. The smallest absolute Gasteiger partial charge is 0.269 e. The Morgan fingerprint density at radius 3 is 2.26 bits per heavy atom. The number of fused-ring (bicyclic) bond motifs is 1. The van der Waals surface area contributed by atoms with Crippen molar-refractivity contribution in [3.05, 3.63) is 121 Å². The molecule has 0 bridgehead atoms. The molecule has 0 saturated heterocycles. The molecule has 8 heteroatoms. The number of anilines is 1. The molecule has 5 nitrogen and oxygen atoms in total. The molecule has 0 spiro atoms. The number of likely N-dealkylation sites (N-methyl/N-ethyl adjacent to an activating group) is 1. The van der Waals surface area contributed by atoms with Gasteiger partial charge in [-0.05, 0) is 63.1 Å². The van der Waals surface area contributed by atoms with Gasteiger partial charge in [0, 0.05) is 29.6 Å².